The third kappa shape index (κ3) is 5.73. The molecule has 2 aromatic carbocycles. The summed E-state index contributed by atoms with van der Waals surface area (Å²) in [5, 5.41) is 3.50. The zero-order valence-corrected chi connectivity index (χ0v) is 20.0. The lowest BCUT2D eigenvalue weighted by Crippen LogP contribution is -2.44. The predicted molar refractivity (Wildman–Crippen MR) is 131 cm³/mol. The maximum atomic E-state index is 13.0. The van der Waals surface area contributed by atoms with Crippen LogP contribution in [0, 0.1) is 0 Å². The zero-order valence-electron chi connectivity index (χ0n) is 20.0. The van der Waals surface area contributed by atoms with Crippen molar-refractivity contribution in [2.45, 2.75) is 77.6 Å². The van der Waals surface area contributed by atoms with Crippen LogP contribution in [0.4, 0.5) is 0 Å². The molecule has 1 heterocycles. The van der Waals surface area contributed by atoms with E-state index in [1.807, 2.05) is 12.1 Å². The first-order valence-corrected chi connectivity index (χ1v) is 12.5. The maximum Gasteiger partial charge on any atom is 0.255 e. The van der Waals surface area contributed by atoms with Crippen LogP contribution >= 0.6 is 0 Å². The van der Waals surface area contributed by atoms with E-state index in [0.717, 1.165) is 24.2 Å². The van der Waals surface area contributed by atoms with Crippen molar-refractivity contribution in [3.05, 3.63) is 64.7 Å². The fourth-order valence-corrected chi connectivity index (χ4v) is 4.73. The van der Waals surface area contributed by atoms with Gasteiger partial charge < -0.3 is 15.0 Å². The monoisotopic (exact) mass is 462 g/mol. The molecule has 0 spiro atoms. The first-order valence-electron chi connectivity index (χ1n) is 12.5. The van der Waals surface area contributed by atoms with E-state index in [9.17, 15) is 14.4 Å². The molecule has 6 heteroatoms. The number of ether oxygens (including phenoxy) is 1. The maximum absolute atomic E-state index is 13.0. The van der Waals surface area contributed by atoms with Crippen LogP contribution in [0.25, 0.3) is 0 Å². The summed E-state index contributed by atoms with van der Waals surface area (Å²) in [7, 11) is 0. The van der Waals surface area contributed by atoms with Crippen LogP contribution in [0.5, 0.6) is 5.75 Å². The minimum Gasteiger partial charge on any atom is -0.489 e. The largest absolute Gasteiger partial charge is 0.489 e. The standard InChI is InChI=1S/C28H34N2O4/c1-2-3-4-5-15-29-17-20-9-11-21(12-10-20)19-34-27-8-6-7-23-24(27)18-30(28(23)33)25-14-13-22(31)16-26(25)32/h6-12,25,29H,2-5,13-19H2,1H3. The van der Waals surface area contributed by atoms with Crippen LogP contribution in [0.15, 0.2) is 42.5 Å². The number of benzene rings is 2. The number of carbonyl (C=O) groups excluding carboxylic acids is 3. The fourth-order valence-electron chi connectivity index (χ4n) is 4.73. The molecule has 1 N–H and O–H groups in total. The van der Waals surface area contributed by atoms with Crippen LogP contribution in [0.1, 0.15) is 78.9 Å². The first-order chi connectivity index (χ1) is 16.6. The summed E-state index contributed by atoms with van der Waals surface area (Å²) in [4.78, 5) is 38.5. The van der Waals surface area contributed by atoms with E-state index in [2.05, 4.69) is 36.5 Å². The van der Waals surface area contributed by atoms with Gasteiger partial charge in [0.15, 0.2) is 5.78 Å². The highest BCUT2D eigenvalue weighted by molar-refractivity contribution is 6.07. The van der Waals surface area contributed by atoms with Gasteiger partial charge in [0.25, 0.3) is 5.91 Å². The molecule has 0 radical (unpaired) electrons. The lowest BCUT2D eigenvalue weighted by Gasteiger charge is -2.29. The number of nitrogens with zero attached hydrogens (tertiary/aromatic N) is 1. The Hall–Kier alpha value is -2.99. The molecule has 1 fully saturated rings. The van der Waals surface area contributed by atoms with Gasteiger partial charge in [-0.25, -0.2) is 0 Å². The Bertz CT molecular complexity index is 1030. The van der Waals surface area contributed by atoms with Gasteiger partial charge in [-0.3, -0.25) is 14.4 Å². The first kappa shape index (κ1) is 24.1. The van der Waals surface area contributed by atoms with E-state index in [4.69, 9.17) is 4.74 Å². The average molecular weight is 463 g/mol. The Labute approximate surface area is 201 Å². The molecule has 1 amide bonds. The summed E-state index contributed by atoms with van der Waals surface area (Å²) in [6.07, 6.45) is 5.74. The Morgan fingerprint density at radius 3 is 2.56 bits per heavy atom. The van der Waals surface area contributed by atoms with Crippen molar-refractivity contribution in [2.75, 3.05) is 6.54 Å². The highest BCUT2D eigenvalue weighted by Crippen LogP contribution is 2.34. The van der Waals surface area contributed by atoms with Gasteiger partial charge in [-0.15, -0.1) is 0 Å². The van der Waals surface area contributed by atoms with Gasteiger partial charge in [0.05, 0.1) is 19.0 Å². The predicted octanol–water partition coefficient (Wildman–Crippen LogP) is 4.58. The lowest BCUT2D eigenvalue weighted by atomic mass is 9.92. The molecule has 1 aliphatic carbocycles. The van der Waals surface area contributed by atoms with Crippen molar-refractivity contribution in [1.82, 2.24) is 10.2 Å². The van der Waals surface area contributed by atoms with E-state index in [1.165, 1.54) is 31.2 Å². The van der Waals surface area contributed by atoms with Crippen molar-refractivity contribution < 1.29 is 19.1 Å². The SMILES string of the molecule is CCCCCCNCc1ccc(COc2cccc3c2CN(C2CCC(=O)CC2=O)C3=O)cc1. The van der Waals surface area contributed by atoms with E-state index < -0.39 is 6.04 Å². The Morgan fingerprint density at radius 1 is 1.00 bits per heavy atom. The molecule has 2 aromatic rings. The number of ketones is 2. The molecule has 1 aliphatic heterocycles. The minimum absolute atomic E-state index is 0.0387. The number of rotatable bonds is 11. The van der Waals surface area contributed by atoms with Gasteiger partial charge in [0.2, 0.25) is 0 Å². The number of unbranched alkanes of at least 4 members (excludes halogenated alkanes) is 3. The molecule has 4 rings (SSSR count). The molecule has 34 heavy (non-hydrogen) atoms. The normalized spacial score (nSPS) is 17.9. The van der Waals surface area contributed by atoms with Gasteiger partial charge in [-0.05, 0) is 42.6 Å². The number of hydrogen-bond acceptors (Lipinski definition) is 5. The number of amides is 1. The van der Waals surface area contributed by atoms with E-state index in [0.29, 0.717) is 37.3 Å². The molecule has 1 unspecified atom stereocenters. The van der Waals surface area contributed by atoms with Crippen molar-refractivity contribution in [3.63, 3.8) is 0 Å². The molecule has 6 nitrogen and oxygen atoms in total. The molecule has 2 aliphatic rings. The van der Waals surface area contributed by atoms with Gasteiger partial charge in [-0.2, -0.15) is 0 Å². The Kier molecular flexibility index (Phi) is 8.12. The quantitative estimate of drug-likeness (QED) is 0.391. The van der Waals surface area contributed by atoms with Crippen LogP contribution in [0.3, 0.4) is 0 Å². The van der Waals surface area contributed by atoms with Gasteiger partial charge in [-0.1, -0.05) is 56.5 Å². The number of fused-ring (bicyclic) bond motifs is 1. The highest BCUT2D eigenvalue weighted by atomic mass is 16.5. The molecule has 1 saturated carbocycles. The summed E-state index contributed by atoms with van der Waals surface area (Å²) in [6, 6.07) is 13.3. The second-order valence-electron chi connectivity index (χ2n) is 9.29. The molecular formula is C28H34N2O4. The molecule has 0 bridgehead atoms. The van der Waals surface area contributed by atoms with Crippen molar-refractivity contribution >= 4 is 17.5 Å². The fraction of sp³-hybridized carbons (Fsp3) is 0.464. The number of hydrogen-bond donors (Lipinski definition) is 1. The van der Waals surface area contributed by atoms with Crippen LogP contribution in [0.2, 0.25) is 0 Å². The number of Topliss-reactive ketones (excluding diaryl/α,β-unsaturated/α-hetero) is 2. The highest BCUT2D eigenvalue weighted by Gasteiger charge is 2.39. The smallest absolute Gasteiger partial charge is 0.255 e. The summed E-state index contributed by atoms with van der Waals surface area (Å²) in [5.74, 6) is 0.323. The third-order valence-electron chi connectivity index (χ3n) is 6.72. The molecule has 0 aromatic heterocycles. The van der Waals surface area contributed by atoms with Gasteiger partial charge >= 0.3 is 0 Å². The minimum atomic E-state index is -0.516. The Balaban J connectivity index is 1.32. The Morgan fingerprint density at radius 2 is 1.79 bits per heavy atom. The van der Waals surface area contributed by atoms with Crippen molar-refractivity contribution in [3.8, 4) is 5.75 Å². The van der Waals surface area contributed by atoms with Crippen molar-refractivity contribution in [1.29, 1.82) is 0 Å². The summed E-state index contributed by atoms with van der Waals surface area (Å²) in [6.45, 7) is 4.89. The number of nitrogens with one attached hydrogen (secondary N) is 1. The van der Waals surface area contributed by atoms with Crippen LogP contribution < -0.4 is 10.1 Å². The summed E-state index contributed by atoms with van der Waals surface area (Å²) in [5.41, 5.74) is 3.71. The number of carbonyl (C=O) groups is 3. The van der Waals surface area contributed by atoms with E-state index in [-0.39, 0.29) is 23.9 Å². The second kappa shape index (κ2) is 11.4. The second-order valence-corrected chi connectivity index (χ2v) is 9.29. The molecule has 180 valence electrons. The van der Waals surface area contributed by atoms with Crippen LogP contribution in [-0.4, -0.2) is 35.0 Å². The molecule has 0 saturated heterocycles. The van der Waals surface area contributed by atoms with Gasteiger partial charge in [0, 0.05) is 24.1 Å². The lowest BCUT2D eigenvalue weighted by molar-refractivity contribution is -0.133. The van der Waals surface area contributed by atoms with E-state index >= 15 is 0 Å². The van der Waals surface area contributed by atoms with Crippen LogP contribution in [-0.2, 0) is 29.3 Å². The zero-order chi connectivity index (χ0) is 23.9. The summed E-state index contributed by atoms with van der Waals surface area (Å²) >= 11 is 0. The third-order valence-corrected chi connectivity index (χ3v) is 6.72. The molecule has 1 atom stereocenters. The summed E-state index contributed by atoms with van der Waals surface area (Å²) < 4.78 is 6.11. The van der Waals surface area contributed by atoms with E-state index in [1.54, 1.807) is 11.0 Å². The van der Waals surface area contributed by atoms with Gasteiger partial charge in [0.1, 0.15) is 18.1 Å². The van der Waals surface area contributed by atoms with Crippen molar-refractivity contribution in [2.24, 2.45) is 0 Å². The molecular weight excluding hydrogens is 428 g/mol. The average Bonchev–Trinajstić information content (AvgIpc) is 3.17. The topological polar surface area (TPSA) is 75.7 Å².